The van der Waals surface area contributed by atoms with Crippen LogP contribution >= 0.6 is 23.2 Å². The highest BCUT2D eigenvalue weighted by Gasteiger charge is 2.28. The molecule has 0 aliphatic carbocycles. The van der Waals surface area contributed by atoms with Gasteiger partial charge in [-0.3, -0.25) is 9.10 Å². The van der Waals surface area contributed by atoms with E-state index < -0.39 is 28.5 Å². The number of carbonyl (C=O) groups excluding carboxylic acids is 1. The zero-order valence-corrected chi connectivity index (χ0v) is 22.0. The summed E-state index contributed by atoms with van der Waals surface area (Å²) < 4.78 is 38.7. The predicted octanol–water partition coefficient (Wildman–Crippen LogP) is 5.39. The summed E-state index contributed by atoms with van der Waals surface area (Å²) in [5.41, 5.74) is 1.84. The molecule has 3 aromatic rings. The lowest BCUT2D eigenvalue weighted by Gasteiger charge is -2.25. The number of sulfonamides is 1. The van der Waals surface area contributed by atoms with Gasteiger partial charge in [0.25, 0.3) is 10.0 Å². The van der Waals surface area contributed by atoms with E-state index in [2.05, 4.69) is 5.32 Å². The Morgan fingerprint density at radius 2 is 1.54 bits per heavy atom. The Labute approximate surface area is 215 Å². The van der Waals surface area contributed by atoms with Crippen LogP contribution in [0.25, 0.3) is 0 Å². The average Bonchev–Trinajstić information content (AvgIpc) is 2.81. The van der Waals surface area contributed by atoms with Crippen molar-refractivity contribution in [3.05, 3.63) is 81.8 Å². The van der Waals surface area contributed by atoms with Crippen LogP contribution in [0, 0.1) is 6.92 Å². The summed E-state index contributed by atoms with van der Waals surface area (Å²) in [6, 6.07) is 15.6. The minimum Gasteiger partial charge on any atom is -0.493 e. The van der Waals surface area contributed by atoms with Crippen molar-refractivity contribution in [2.24, 2.45) is 0 Å². The third-order valence-corrected chi connectivity index (χ3v) is 7.54. The maximum Gasteiger partial charge on any atom is 0.264 e. The van der Waals surface area contributed by atoms with Crippen LogP contribution in [-0.2, 0) is 14.8 Å². The minimum absolute atomic E-state index is 0.0416. The van der Waals surface area contributed by atoms with Gasteiger partial charge in [0, 0.05) is 10.0 Å². The first-order valence-corrected chi connectivity index (χ1v) is 12.8. The summed E-state index contributed by atoms with van der Waals surface area (Å²) in [6.45, 7) is 3.16. The highest BCUT2D eigenvalue weighted by molar-refractivity contribution is 7.92. The van der Waals surface area contributed by atoms with Gasteiger partial charge in [0.1, 0.15) is 6.54 Å². The molecule has 0 unspecified atom stereocenters. The van der Waals surface area contributed by atoms with Crippen molar-refractivity contribution in [2.45, 2.75) is 24.8 Å². The van der Waals surface area contributed by atoms with Gasteiger partial charge in [-0.05, 0) is 61.9 Å². The number of aryl methyl sites for hydroxylation is 1. The van der Waals surface area contributed by atoms with Gasteiger partial charge >= 0.3 is 0 Å². The summed E-state index contributed by atoms with van der Waals surface area (Å²) in [5.74, 6) is 0.560. The SMILES string of the molecule is COc1ccc([C@@H](C)NC(=O)CN(c2cc(Cl)cc(Cl)c2)S(=O)(=O)c2ccc(C)cc2)cc1OC. The molecule has 0 bridgehead atoms. The van der Waals surface area contributed by atoms with Crippen molar-refractivity contribution < 1.29 is 22.7 Å². The van der Waals surface area contributed by atoms with Crippen LogP contribution in [0.5, 0.6) is 11.5 Å². The summed E-state index contributed by atoms with van der Waals surface area (Å²) in [7, 11) is -1.04. The summed E-state index contributed by atoms with van der Waals surface area (Å²) in [5, 5.41) is 3.33. The van der Waals surface area contributed by atoms with E-state index in [-0.39, 0.29) is 20.6 Å². The first kappa shape index (κ1) is 26.7. The Morgan fingerprint density at radius 1 is 0.943 bits per heavy atom. The first-order chi connectivity index (χ1) is 16.5. The Bertz CT molecular complexity index is 1290. The zero-order chi connectivity index (χ0) is 25.8. The predicted molar refractivity (Wildman–Crippen MR) is 138 cm³/mol. The molecule has 0 aliphatic rings. The standard InChI is InChI=1S/C25H26Cl2N2O5S/c1-16-5-8-22(9-6-16)35(31,32)29(21-13-19(26)12-20(27)14-21)15-25(30)28-17(2)18-7-10-23(33-3)24(11-18)34-4/h5-14,17H,15H2,1-4H3,(H,28,30)/t17-/m1/s1. The van der Waals surface area contributed by atoms with Crippen molar-refractivity contribution in [3.8, 4) is 11.5 Å². The van der Waals surface area contributed by atoms with Crippen LogP contribution in [0.2, 0.25) is 10.0 Å². The monoisotopic (exact) mass is 536 g/mol. The molecule has 1 amide bonds. The molecule has 35 heavy (non-hydrogen) atoms. The molecule has 0 heterocycles. The second-order valence-electron chi connectivity index (χ2n) is 7.86. The number of ether oxygens (including phenoxy) is 2. The largest absolute Gasteiger partial charge is 0.493 e. The number of benzene rings is 3. The third-order valence-electron chi connectivity index (χ3n) is 5.32. The number of halogens is 2. The van der Waals surface area contributed by atoms with Gasteiger partial charge in [-0.2, -0.15) is 0 Å². The molecule has 7 nitrogen and oxygen atoms in total. The normalized spacial score (nSPS) is 12.1. The lowest BCUT2D eigenvalue weighted by Crippen LogP contribution is -2.41. The molecule has 0 radical (unpaired) electrons. The van der Waals surface area contributed by atoms with E-state index in [9.17, 15) is 13.2 Å². The van der Waals surface area contributed by atoms with Crippen LogP contribution in [0.3, 0.4) is 0 Å². The van der Waals surface area contributed by atoms with E-state index in [0.29, 0.717) is 11.5 Å². The van der Waals surface area contributed by atoms with E-state index in [1.54, 1.807) is 37.3 Å². The average molecular weight is 537 g/mol. The van der Waals surface area contributed by atoms with Gasteiger partial charge in [-0.1, -0.05) is 47.0 Å². The van der Waals surface area contributed by atoms with Crippen LogP contribution in [-0.4, -0.2) is 35.1 Å². The quantitative estimate of drug-likeness (QED) is 0.396. The Morgan fingerprint density at radius 3 is 2.11 bits per heavy atom. The number of methoxy groups -OCH3 is 2. The van der Waals surface area contributed by atoms with Gasteiger partial charge in [-0.25, -0.2) is 8.42 Å². The van der Waals surface area contributed by atoms with Crippen LogP contribution in [0.1, 0.15) is 24.1 Å². The van der Waals surface area contributed by atoms with E-state index in [4.69, 9.17) is 32.7 Å². The molecule has 3 aromatic carbocycles. The molecule has 0 aliphatic heterocycles. The number of carbonyl (C=O) groups is 1. The topological polar surface area (TPSA) is 84.9 Å². The number of anilines is 1. The molecule has 1 atom stereocenters. The molecular weight excluding hydrogens is 511 g/mol. The van der Waals surface area contributed by atoms with Crippen molar-refractivity contribution in [1.29, 1.82) is 0 Å². The van der Waals surface area contributed by atoms with Crippen LogP contribution in [0.4, 0.5) is 5.69 Å². The van der Waals surface area contributed by atoms with E-state index in [0.717, 1.165) is 15.4 Å². The number of amides is 1. The van der Waals surface area contributed by atoms with Crippen molar-refractivity contribution in [3.63, 3.8) is 0 Å². The maximum absolute atomic E-state index is 13.5. The Balaban J connectivity index is 1.91. The molecule has 3 rings (SSSR count). The van der Waals surface area contributed by atoms with Gasteiger partial charge in [0.15, 0.2) is 11.5 Å². The van der Waals surface area contributed by atoms with Crippen LogP contribution in [0.15, 0.2) is 65.6 Å². The molecule has 0 fully saturated rings. The zero-order valence-electron chi connectivity index (χ0n) is 19.7. The molecular formula is C25H26Cl2N2O5S. The number of nitrogens with one attached hydrogen (secondary N) is 1. The summed E-state index contributed by atoms with van der Waals surface area (Å²) in [6.07, 6.45) is 0. The molecule has 0 saturated heterocycles. The smallest absolute Gasteiger partial charge is 0.264 e. The van der Waals surface area contributed by atoms with Gasteiger partial charge in [0.05, 0.1) is 30.8 Å². The van der Waals surface area contributed by atoms with Gasteiger partial charge in [0.2, 0.25) is 5.91 Å². The Kier molecular flexibility index (Phi) is 8.53. The van der Waals surface area contributed by atoms with E-state index >= 15 is 0 Å². The fourth-order valence-electron chi connectivity index (χ4n) is 3.46. The van der Waals surface area contributed by atoms with E-state index in [1.165, 1.54) is 44.6 Å². The number of rotatable bonds is 9. The lowest BCUT2D eigenvalue weighted by molar-refractivity contribution is -0.120. The first-order valence-electron chi connectivity index (χ1n) is 10.6. The molecule has 0 spiro atoms. The highest BCUT2D eigenvalue weighted by Crippen LogP contribution is 2.31. The summed E-state index contributed by atoms with van der Waals surface area (Å²) in [4.78, 5) is 13.1. The van der Waals surface area contributed by atoms with Gasteiger partial charge in [-0.15, -0.1) is 0 Å². The Hall–Kier alpha value is -2.94. The minimum atomic E-state index is -4.10. The number of hydrogen-bond donors (Lipinski definition) is 1. The van der Waals surface area contributed by atoms with E-state index in [1.807, 2.05) is 6.92 Å². The maximum atomic E-state index is 13.5. The second-order valence-corrected chi connectivity index (χ2v) is 10.6. The summed E-state index contributed by atoms with van der Waals surface area (Å²) >= 11 is 12.3. The molecule has 1 N–H and O–H groups in total. The highest BCUT2D eigenvalue weighted by atomic mass is 35.5. The third kappa shape index (κ3) is 6.39. The fraction of sp³-hybridized carbons (Fsp3) is 0.240. The lowest BCUT2D eigenvalue weighted by atomic mass is 10.1. The molecule has 0 saturated carbocycles. The van der Waals surface area contributed by atoms with Crippen molar-refractivity contribution in [1.82, 2.24) is 5.32 Å². The number of hydrogen-bond acceptors (Lipinski definition) is 5. The molecule has 10 heteroatoms. The number of nitrogens with zero attached hydrogens (tertiary/aromatic N) is 1. The molecule has 186 valence electrons. The second kappa shape index (κ2) is 11.2. The van der Waals surface area contributed by atoms with Crippen molar-refractivity contribution in [2.75, 3.05) is 25.1 Å². The molecule has 0 aromatic heterocycles. The van der Waals surface area contributed by atoms with Crippen molar-refractivity contribution >= 4 is 44.8 Å². The van der Waals surface area contributed by atoms with Gasteiger partial charge < -0.3 is 14.8 Å². The van der Waals surface area contributed by atoms with Crippen LogP contribution < -0.4 is 19.1 Å². The fourth-order valence-corrected chi connectivity index (χ4v) is 5.38.